The van der Waals surface area contributed by atoms with Crippen molar-refractivity contribution in [2.75, 3.05) is 49.3 Å². The minimum Gasteiger partial charge on any atom is -0.467 e. The number of halogens is 5. The van der Waals surface area contributed by atoms with E-state index in [4.69, 9.17) is 97.6 Å². The average molecular weight is 1240 g/mol. The highest BCUT2D eigenvalue weighted by molar-refractivity contribution is 7.90. The van der Waals surface area contributed by atoms with Gasteiger partial charge in [0.05, 0.1) is 55.4 Å². The smallest absolute Gasteiger partial charge is 0.328 e. The Morgan fingerprint density at radius 1 is 0.597 bits per heavy atom. The zero-order valence-electron chi connectivity index (χ0n) is 43.2. The molecule has 420 valence electrons. The standard InChI is InChI=1S/C27H32Cl2N2O5S2.C20H30N2O4S2.C7H3Cl3O/c1-36-25(33)22(31-26(37)27(14-6-15-27)13-3-4-16-38(2,34)35)17-18-9-11-19(12-10-18)30-24(32)23-20(28)7-5-8-21(23)29;1-26-18(23)17(14-15-6-8-16(21)9-7-15)22-19(27)20(11-5-12-20)10-3-4-13-28(2,24)25;8-4-2-1-3-5(9)6(4)7(10)11/h5,7-12,22H,3-4,6,13-17H2,1-2H3,(H,30,32)(H,31,37);6-9,17H,3-5,10-14,21H2,1-2H3,(H,22,27);1-3H/t22-;17-;/m00./s1. The molecule has 2 atom stereocenters. The van der Waals surface area contributed by atoms with Gasteiger partial charge >= 0.3 is 11.9 Å². The van der Waals surface area contributed by atoms with Gasteiger partial charge in [0, 0.05) is 59.1 Å². The number of sulfone groups is 2. The molecule has 4 aromatic rings. The quantitative estimate of drug-likeness (QED) is 0.0179. The zero-order chi connectivity index (χ0) is 57.1. The first-order chi connectivity index (χ1) is 36.2. The molecular formula is C54H65Cl5N4O10S4. The second kappa shape index (κ2) is 30.5. The Balaban J connectivity index is 0.000000285. The van der Waals surface area contributed by atoms with Crippen LogP contribution in [0.15, 0.2) is 84.9 Å². The highest BCUT2D eigenvalue weighted by atomic mass is 35.5. The van der Waals surface area contributed by atoms with Crippen molar-refractivity contribution in [2.24, 2.45) is 10.8 Å². The van der Waals surface area contributed by atoms with E-state index in [1.165, 1.54) is 26.7 Å². The van der Waals surface area contributed by atoms with Crippen LogP contribution in [0.4, 0.5) is 11.4 Å². The molecule has 0 aromatic heterocycles. The molecule has 77 heavy (non-hydrogen) atoms. The normalized spacial score (nSPS) is 14.9. The van der Waals surface area contributed by atoms with Crippen molar-refractivity contribution < 1.29 is 45.5 Å². The molecule has 2 aliphatic rings. The molecule has 2 saturated carbocycles. The molecule has 0 bridgehead atoms. The van der Waals surface area contributed by atoms with Crippen molar-refractivity contribution in [1.82, 2.24) is 10.6 Å². The Bertz CT molecular complexity index is 2900. The summed E-state index contributed by atoms with van der Waals surface area (Å²) in [6.45, 7) is 0. The Morgan fingerprint density at radius 2 is 0.961 bits per heavy atom. The third-order valence-electron chi connectivity index (χ3n) is 13.4. The molecule has 5 N–H and O–H groups in total. The number of hydrogen-bond donors (Lipinski definition) is 4. The molecular weight excluding hydrogens is 1170 g/mol. The molecule has 0 aliphatic heterocycles. The number of nitrogens with one attached hydrogen (secondary N) is 3. The summed E-state index contributed by atoms with van der Waals surface area (Å²) in [4.78, 5) is 49.5. The summed E-state index contributed by atoms with van der Waals surface area (Å²) in [5, 5.41) is 9.69. The van der Waals surface area contributed by atoms with Gasteiger partial charge in [-0.15, -0.1) is 0 Å². The maximum atomic E-state index is 12.6. The van der Waals surface area contributed by atoms with E-state index < -0.39 is 48.9 Å². The van der Waals surface area contributed by atoms with Crippen LogP contribution in [0.1, 0.15) is 109 Å². The minimum atomic E-state index is -2.99. The summed E-state index contributed by atoms with van der Waals surface area (Å²) in [5.74, 6) is -0.841. The van der Waals surface area contributed by atoms with Gasteiger partial charge < -0.3 is 31.2 Å². The van der Waals surface area contributed by atoms with E-state index in [0.29, 0.717) is 47.0 Å². The highest BCUT2D eigenvalue weighted by Crippen LogP contribution is 2.47. The molecule has 14 nitrogen and oxygen atoms in total. The lowest BCUT2D eigenvalue weighted by molar-refractivity contribution is -0.143. The molecule has 23 heteroatoms. The summed E-state index contributed by atoms with van der Waals surface area (Å²) in [6, 6.07) is 22.9. The Labute approximate surface area is 488 Å². The van der Waals surface area contributed by atoms with Gasteiger partial charge in [0.15, 0.2) is 0 Å². The molecule has 6 rings (SSSR count). The van der Waals surface area contributed by atoms with Crippen LogP contribution in [0.5, 0.6) is 0 Å². The number of carbonyl (C=O) groups excluding carboxylic acids is 4. The molecule has 0 radical (unpaired) electrons. The van der Waals surface area contributed by atoms with Crippen LogP contribution >= 0.6 is 82.4 Å². The van der Waals surface area contributed by atoms with Gasteiger partial charge in [0.25, 0.3) is 11.1 Å². The predicted molar refractivity (Wildman–Crippen MR) is 319 cm³/mol. The number of methoxy groups -OCH3 is 2. The third-order valence-corrected chi connectivity index (χ3v) is 18.0. The number of nitrogen functional groups attached to an aromatic ring is 1. The predicted octanol–water partition coefficient (Wildman–Crippen LogP) is 11.7. The molecule has 2 aliphatic carbocycles. The maximum Gasteiger partial charge on any atom is 0.328 e. The molecule has 0 heterocycles. The largest absolute Gasteiger partial charge is 0.467 e. The van der Waals surface area contributed by atoms with Gasteiger partial charge in [0.2, 0.25) is 0 Å². The van der Waals surface area contributed by atoms with E-state index in [1.54, 1.807) is 60.7 Å². The van der Waals surface area contributed by atoms with Gasteiger partial charge in [-0.05, 0) is 123 Å². The first-order valence-electron chi connectivity index (χ1n) is 24.7. The van der Waals surface area contributed by atoms with Gasteiger partial charge in [-0.2, -0.15) is 0 Å². The van der Waals surface area contributed by atoms with Crippen LogP contribution in [0.25, 0.3) is 0 Å². The first-order valence-corrected chi connectivity index (χ1v) is 31.5. The number of unbranched alkanes of at least 4 members (excludes halogenated alkanes) is 2. The number of amides is 1. The zero-order valence-corrected chi connectivity index (χ0v) is 50.3. The van der Waals surface area contributed by atoms with Crippen molar-refractivity contribution in [1.29, 1.82) is 0 Å². The molecule has 0 spiro atoms. The molecule has 0 saturated heterocycles. The van der Waals surface area contributed by atoms with E-state index in [0.717, 1.165) is 75.3 Å². The number of esters is 2. The number of benzene rings is 4. The number of carbonyl (C=O) groups is 4. The first kappa shape index (κ1) is 65.4. The highest BCUT2D eigenvalue weighted by Gasteiger charge is 2.43. The fourth-order valence-electron chi connectivity index (χ4n) is 8.78. The monoisotopic (exact) mass is 1230 g/mol. The van der Waals surface area contributed by atoms with E-state index >= 15 is 0 Å². The topological polar surface area (TPSA) is 217 Å². The summed E-state index contributed by atoms with van der Waals surface area (Å²) >= 11 is 40.2. The molecule has 0 unspecified atom stereocenters. The Morgan fingerprint density at radius 3 is 1.27 bits per heavy atom. The number of anilines is 2. The number of hydrogen-bond acceptors (Lipinski definition) is 13. The van der Waals surface area contributed by atoms with E-state index in [1.807, 2.05) is 24.3 Å². The van der Waals surface area contributed by atoms with Crippen LogP contribution in [-0.4, -0.2) is 100 Å². The molecule has 1 amide bonds. The fraction of sp³-hybridized carbons (Fsp3) is 0.444. The Kier molecular flexibility index (Phi) is 25.9. The van der Waals surface area contributed by atoms with Gasteiger partial charge in [0.1, 0.15) is 31.8 Å². The van der Waals surface area contributed by atoms with Crippen molar-refractivity contribution in [3.63, 3.8) is 0 Å². The average Bonchev–Trinajstić information content (AvgIpc) is 3.32. The van der Waals surface area contributed by atoms with Crippen molar-refractivity contribution >= 4 is 147 Å². The van der Waals surface area contributed by atoms with Gasteiger partial charge in [-0.25, -0.2) is 26.4 Å². The second-order valence-electron chi connectivity index (χ2n) is 19.3. The van der Waals surface area contributed by atoms with Crippen LogP contribution in [0.2, 0.25) is 20.1 Å². The van der Waals surface area contributed by atoms with E-state index in [2.05, 4.69) is 16.0 Å². The molecule has 2 fully saturated rings. The summed E-state index contributed by atoms with van der Waals surface area (Å²) < 4.78 is 55.5. The van der Waals surface area contributed by atoms with Crippen LogP contribution in [-0.2, 0) is 51.6 Å². The third kappa shape index (κ3) is 20.8. The van der Waals surface area contributed by atoms with Gasteiger partial charge in [-0.3, -0.25) is 9.59 Å². The second-order valence-corrected chi connectivity index (χ2v) is 26.6. The molecule has 4 aromatic carbocycles. The maximum absolute atomic E-state index is 12.6. The lowest BCUT2D eigenvalue weighted by atomic mass is 9.65. The van der Waals surface area contributed by atoms with Crippen molar-refractivity contribution in [3.8, 4) is 0 Å². The van der Waals surface area contributed by atoms with E-state index in [9.17, 15) is 36.0 Å². The van der Waals surface area contributed by atoms with Crippen LogP contribution in [0, 0.1) is 10.8 Å². The minimum absolute atomic E-state index is 0.139. The number of nitrogens with two attached hydrogens (primary N) is 1. The number of ether oxygens (including phenoxy) is 2. The Hall–Kier alpha value is -4.11. The van der Waals surface area contributed by atoms with E-state index in [-0.39, 0.29) is 59.5 Å². The van der Waals surface area contributed by atoms with Crippen molar-refractivity contribution in [3.05, 3.63) is 127 Å². The SMILES string of the molecule is COC(=O)[C@H](Cc1ccc(N)cc1)NC(=S)C1(CCCCS(C)(=O)=O)CCC1.COC(=O)[C@H](Cc1ccc(NC(=O)c2c(Cl)cccc2Cl)cc1)NC(=S)C1(CCCCS(C)(=O)=O)CCC1.O=C(Cl)c1c(Cl)cccc1Cl. The number of rotatable bonds is 23. The lowest BCUT2D eigenvalue weighted by Gasteiger charge is -2.43. The van der Waals surface area contributed by atoms with Crippen molar-refractivity contribution in [2.45, 2.75) is 102 Å². The van der Waals surface area contributed by atoms with Crippen LogP contribution in [0.3, 0.4) is 0 Å². The number of thiocarbonyl (C=S) groups is 2. The summed E-state index contributed by atoms with van der Waals surface area (Å²) in [6.07, 6.45) is 13.6. The van der Waals surface area contributed by atoms with Crippen LogP contribution < -0.4 is 21.7 Å². The summed E-state index contributed by atoms with van der Waals surface area (Å²) in [5.41, 5.74) is 8.77. The summed E-state index contributed by atoms with van der Waals surface area (Å²) in [7, 11) is -3.23. The lowest BCUT2D eigenvalue weighted by Crippen LogP contribution is -2.51. The fourth-order valence-corrected chi connectivity index (χ4v) is 12.6. The van der Waals surface area contributed by atoms with Gasteiger partial charge in [-0.1, -0.05) is 133 Å².